The second-order valence-corrected chi connectivity index (χ2v) is 8.54. The number of aromatic nitrogens is 5. The zero-order chi connectivity index (χ0) is 20.5. The first-order valence-electron chi connectivity index (χ1n) is 10.1. The van der Waals surface area contributed by atoms with Crippen molar-refractivity contribution in [3.63, 3.8) is 0 Å². The van der Waals surface area contributed by atoms with Crippen LogP contribution < -0.4 is 5.32 Å². The Morgan fingerprint density at radius 3 is 2.73 bits per heavy atom. The summed E-state index contributed by atoms with van der Waals surface area (Å²) in [5.74, 6) is 1.61. The van der Waals surface area contributed by atoms with E-state index in [0.717, 1.165) is 38.5 Å². The highest BCUT2D eigenvalue weighted by atomic mass is 32.2. The zero-order valence-electron chi connectivity index (χ0n) is 16.2. The second-order valence-electron chi connectivity index (χ2n) is 7.61. The van der Waals surface area contributed by atoms with Crippen molar-refractivity contribution in [3.8, 4) is 11.6 Å². The van der Waals surface area contributed by atoms with Crippen LogP contribution >= 0.6 is 11.8 Å². The van der Waals surface area contributed by atoms with Crippen molar-refractivity contribution in [2.45, 2.75) is 67.3 Å². The Hall–Kier alpha value is -2.95. The fourth-order valence-corrected chi connectivity index (χ4v) is 4.56. The lowest BCUT2D eigenvalue weighted by Crippen LogP contribution is -2.15. The molecule has 0 aliphatic heterocycles. The van der Waals surface area contributed by atoms with Gasteiger partial charge in [0.2, 0.25) is 11.6 Å². The molecule has 3 aromatic heterocycles. The van der Waals surface area contributed by atoms with Gasteiger partial charge in [-0.05, 0) is 49.6 Å². The summed E-state index contributed by atoms with van der Waals surface area (Å²) in [4.78, 5) is 19.5. The highest BCUT2D eigenvalue weighted by Gasteiger charge is 2.29. The van der Waals surface area contributed by atoms with Crippen LogP contribution in [0.5, 0.6) is 0 Å². The third kappa shape index (κ3) is 3.89. The van der Waals surface area contributed by atoms with Crippen molar-refractivity contribution >= 4 is 23.3 Å². The maximum atomic E-state index is 11.3. The van der Waals surface area contributed by atoms with Crippen molar-refractivity contribution in [2.75, 3.05) is 5.32 Å². The second kappa shape index (κ2) is 8.05. The van der Waals surface area contributed by atoms with Crippen LogP contribution in [0.1, 0.15) is 51.0 Å². The molecule has 2 saturated carbocycles. The van der Waals surface area contributed by atoms with Crippen LogP contribution in [0.4, 0.5) is 11.5 Å². The molecule has 2 aliphatic rings. The van der Waals surface area contributed by atoms with Crippen LogP contribution in [0.3, 0.4) is 0 Å². The van der Waals surface area contributed by atoms with E-state index in [0.29, 0.717) is 21.9 Å². The lowest BCUT2D eigenvalue weighted by molar-refractivity contribution is -0.384. The van der Waals surface area contributed by atoms with E-state index < -0.39 is 4.92 Å². The molecule has 3 aromatic rings. The van der Waals surface area contributed by atoms with Gasteiger partial charge in [-0.2, -0.15) is 4.98 Å². The predicted octanol–water partition coefficient (Wildman–Crippen LogP) is 4.47. The van der Waals surface area contributed by atoms with Crippen LogP contribution in [-0.4, -0.2) is 35.7 Å². The summed E-state index contributed by atoms with van der Waals surface area (Å²) in [6.07, 6.45) is 10.5. The Kier molecular flexibility index (Phi) is 5.11. The average molecular weight is 427 g/mol. The molecule has 1 N–H and O–H groups in total. The van der Waals surface area contributed by atoms with Crippen molar-refractivity contribution in [1.29, 1.82) is 0 Å². The maximum Gasteiger partial charge on any atom is 0.329 e. The average Bonchev–Trinajstić information content (AvgIpc) is 3.24. The quantitative estimate of drug-likeness (QED) is 0.330. The lowest BCUT2D eigenvalue weighted by atomic mass is 9.95. The number of nitrogens with one attached hydrogen (secondary N) is 1. The standard InChI is InChI=1S/C19H21N7O3S/c27-26(28)14-11-20-18(22-16(14)21-12-8-9-12)30-19-24-23-17(15-7-4-10-29-15)25(19)13-5-2-1-3-6-13/h4,7,10-13H,1-3,5-6,8-9H2,(H,20,21,22). The van der Waals surface area contributed by atoms with Crippen LogP contribution in [0.25, 0.3) is 11.6 Å². The van der Waals surface area contributed by atoms with Crippen molar-refractivity contribution in [1.82, 2.24) is 24.7 Å². The van der Waals surface area contributed by atoms with Gasteiger partial charge in [-0.3, -0.25) is 14.7 Å². The summed E-state index contributed by atoms with van der Waals surface area (Å²) in [7, 11) is 0. The molecule has 0 radical (unpaired) electrons. The molecule has 0 atom stereocenters. The first kappa shape index (κ1) is 19.0. The van der Waals surface area contributed by atoms with E-state index in [4.69, 9.17) is 4.42 Å². The number of furan rings is 1. The highest BCUT2D eigenvalue weighted by molar-refractivity contribution is 7.99. The van der Waals surface area contributed by atoms with E-state index in [-0.39, 0.29) is 23.6 Å². The van der Waals surface area contributed by atoms with Gasteiger partial charge in [0, 0.05) is 12.1 Å². The molecular weight excluding hydrogens is 406 g/mol. The summed E-state index contributed by atoms with van der Waals surface area (Å²) < 4.78 is 7.69. The van der Waals surface area contributed by atoms with Gasteiger partial charge in [0.1, 0.15) is 6.20 Å². The molecule has 2 aliphatic carbocycles. The van der Waals surface area contributed by atoms with Crippen LogP contribution in [-0.2, 0) is 0 Å². The molecule has 10 nitrogen and oxygen atoms in total. The van der Waals surface area contributed by atoms with Gasteiger partial charge in [-0.1, -0.05) is 19.3 Å². The van der Waals surface area contributed by atoms with Crippen molar-refractivity contribution < 1.29 is 9.34 Å². The molecule has 0 aromatic carbocycles. The first-order valence-corrected chi connectivity index (χ1v) is 11.0. The number of nitrogens with zero attached hydrogens (tertiary/aromatic N) is 6. The molecule has 156 valence electrons. The van der Waals surface area contributed by atoms with Gasteiger partial charge in [0.15, 0.2) is 16.1 Å². The van der Waals surface area contributed by atoms with E-state index in [9.17, 15) is 10.1 Å². The number of nitro groups is 1. The van der Waals surface area contributed by atoms with E-state index in [2.05, 4.69) is 30.0 Å². The maximum absolute atomic E-state index is 11.3. The van der Waals surface area contributed by atoms with Crippen LogP contribution in [0, 0.1) is 10.1 Å². The molecule has 0 spiro atoms. The molecular formula is C19H21N7O3S. The van der Waals surface area contributed by atoms with Crippen LogP contribution in [0.15, 0.2) is 39.3 Å². The van der Waals surface area contributed by atoms with E-state index in [1.165, 1.54) is 24.4 Å². The fourth-order valence-electron chi connectivity index (χ4n) is 3.74. The number of rotatable bonds is 7. The monoisotopic (exact) mass is 427 g/mol. The molecule has 2 fully saturated rings. The molecule has 0 saturated heterocycles. The third-order valence-electron chi connectivity index (χ3n) is 5.39. The van der Waals surface area contributed by atoms with Gasteiger partial charge >= 0.3 is 5.69 Å². The summed E-state index contributed by atoms with van der Waals surface area (Å²) in [6.45, 7) is 0. The minimum atomic E-state index is -0.460. The van der Waals surface area contributed by atoms with Gasteiger partial charge in [0.05, 0.1) is 11.2 Å². The van der Waals surface area contributed by atoms with E-state index in [1.54, 1.807) is 6.26 Å². The normalized spacial score (nSPS) is 17.2. The van der Waals surface area contributed by atoms with Crippen LogP contribution in [0.2, 0.25) is 0 Å². The Morgan fingerprint density at radius 2 is 2.03 bits per heavy atom. The van der Waals surface area contributed by atoms with Gasteiger partial charge in [0.25, 0.3) is 0 Å². The minimum absolute atomic E-state index is 0.115. The topological polar surface area (TPSA) is 125 Å². The molecule has 5 rings (SSSR count). The SMILES string of the molecule is O=[N+]([O-])c1cnc(Sc2nnc(-c3ccco3)n2C2CCCCC2)nc1NC1CC1. The van der Waals surface area contributed by atoms with Gasteiger partial charge in [-0.15, -0.1) is 10.2 Å². The van der Waals surface area contributed by atoms with E-state index in [1.807, 2.05) is 12.1 Å². The van der Waals surface area contributed by atoms with Gasteiger partial charge < -0.3 is 9.73 Å². The number of anilines is 1. The van der Waals surface area contributed by atoms with Crippen molar-refractivity contribution in [3.05, 3.63) is 34.7 Å². The molecule has 0 unspecified atom stereocenters. The summed E-state index contributed by atoms with van der Waals surface area (Å²) in [5.41, 5.74) is -0.115. The lowest BCUT2D eigenvalue weighted by Gasteiger charge is -2.25. The molecule has 0 amide bonds. The summed E-state index contributed by atoms with van der Waals surface area (Å²) in [5, 5.41) is 24.3. The number of hydrogen-bond acceptors (Lipinski definition) is 9. The number of hydrogen-bond donors (Lipinski definition) is 1. The Bertz CT molecular complexity index is 1040. The fraction of sp³-hybridized carbons (Fsp3) is 0.474. The Balaban J connectivity index is 1.49. The Morgan fingerprint density at radius 1 is 1.20 bits per heavy atom. The summed E-state index contributed by atoms with van der Waals surface area (Å²) >= 11 is 1.27. The first-order chi connectivity index (χ1) is 14.7. The largest absolute Gasteiger partial charge is 0.461 e. The molecule has 30 heavy (non-hydrogen) atoms. The predicted molar refractivity (Wildman–Crippen MR) is 109 cm³/mol. The van der Waals surface area contributed by atoms with Gasteiger partial charge in [-0.25, -0.2) is 4.98 Å². The molecule has 11 heteroatoms. The third-order valence-corrected chi connectivity index (χ3v) is 6.23. The smallest absolute Gasteiger partial charge is 0.329 e. The molecule has 0 bridgehead atoms. The highest BCUT2D eigenvalue weighted by Crippen LogP contribution is 2.38. The molecule has 3 heterocycles. The Labute approximate surface area is 176 Å². The van der Waals surface area contributed by atoms with Crippen molar-refractivity contribution in [2.24, 2.45) is 0 Å². The van der Waals surface area contributed by atoms with E-state index >= 15 is 0 Å². The summed E-state index contributed by atoms with van der Waals surface area (Å²) in [6, 6.07) is 4.22. The zero-order valence-corrected chi connectivity index (χ0v) is 17.0. The minimum Gasteiger partial charge on any atom is -0.461 e.